The molecule has 2 unspecified atom stereocenters. The predicted molar refractivity (Wildman–Crippen MR) is 168 cm³/mol. The summed E-state index contributed by atoms with van der Waals surface area (Å²) in [6, 6.07) is 31.1. The van der Waals surface area contributed by atoms with Crippen molar-refractivity contribution in [1.29, 1.82) is 0 Å². The summed E-state index contributed by atoms with van der Waals surface area (Å²) in [5.41, 5.74) is 3.69. The van der Waals surface area contributed by atoms with Crippen LogP contribution in [0, 0.1) is 13.8 Å². The minimum atomic E-state index is -2.93. The largest absolute Gasteiger partial charge is 0.698 e. The highest BCUT2D eigenvalue weighted by atomic mass is 31.1. The van der Waals surface area contributed by atoms with Gasteiger partial charge in [-0.05, 0) is 13.8 Å². The first-order valence-electron chi connectivity index (χ1n) is 14.3. The van der Waals surface area contributed by atoms with E-state index in [4.69, 9.17) is 9.05 Å². The van der Waals surface area contributed by atoms with Gasteiger partial charge in [0, 0.05) is 52.5 Å². The van der Waals surface area contributed by atoms with E-state index >= 15 is 0 Å². The molecule has 8 heteroatoms. The molecule has 0 bridgehead atoms. The zero-order valence-electron chi connectivity index (χ0n) is 24.7. The zero-order valence-corrected chi connectivity index (χ0v) is 25.6. The molecule has 0 aliphatic heterocycles. The van der Waals surface area contributed by atoms with Gasteiger partial charge in [0.15, 0.2) is 23.1 Å². The van der Waals surface area contributed by atoms with Crippen molar-refractivity contribution >= 4 is 31.4 Å². The summed E-state index contributed by atoms with van der Waals surface area (Å²) in [6.07, 6.45) is -3.02. The Morgan fingerprint density at radius 2 is 0.750 bits per heavy atom. The second kappa shape index (κ2) is 15.9. The lowest BCUT2D eigenvalue weighted by molar-refractivity contribution is 0.0737. The summed E-state index contributed by atoms with van der Waals surface area (Å²) in [5, 5.41) is 0. The molecule has 0 amide bonds. The first kappa shape index (κ1) is 32.5. The molecule has 0 heterocycles. The first-order valence-corrected chi connectivity index (χ1v) is 15.4. The van der Waals surface area contributed by atoms with E-state index in [1.54, 1.807) is 109 Å². The molecule has 0 radical (unpaired) electrons. The van der Waals surface area contributed by atoms with Gasteiger partial charge in [-0.15, -0.1) is 9.05 Å². The molecule has 0 fully saturated rings. The zero-order chi connectivity index (χ0) is 31.5. The number of aryl methyl sites for hydroxylation is 2. The molecule has 0 N–H and O–H groups in total. The summed E-state index contributed by atoms with van der Waals surface area (Å²) in [5.74, 6) is -1.16. The Kier molecular flexibility index (Phi) is 11.7. The molecular weight excluding hydrogens is 575 g/mol. The van der Waals surface area contributed by atoms with E-state index in [-0.39, 0.29) is 48.8 Å². The number of Topliss-reactive ketones (excluding diaryl/α,β-unsaturated/α-hetero) is 4. The van der Waals surface area contributed by atoms with E-state index < -0.39 is 20.5 Å². The summed E-state index contributed by atoms with van der Waals surface area (Å²) < 4.78 is 24.7. The molecule has 2 atom stereocenters. The molecule has 224 valence electrons. The van der Waals surface area contributed by atoms with Gasteiger partial charge in [0.25, 0.3) is 0 Å². The maximum atomic E-state index is 13.3. The van der Waals surface area contributed by atoms with Crippen LogP contribution >= 0.6 is 8.25 Å². The molecule has 4 aromatic carbocycles. The van der Waals surface area contributed by atoms with Gasteiger partial charge >= 0.3 is 8.25 Å². The third-order valence-corrected chi connectivity index (χ3v) is 8.00. The smallest absolute Gasteiger partial charge is 0.294 e. The molecule has 7 nitrogen and oxygen atoms in total. The van der Waals surface area contributed by atoms with E-state index in [1.165, 1.54) is 0 Å². The van der Waals surface area contributed by atoms with Gasteiger partial charge in [0.1, 0.15) is 12.2 Å². The summed E-state index contributed by atoms with van der Waals surface area (Å²) in [7, 11) is -2.93. The van der Waals surface area contributed by atoms with Crippen LogP contribution in [0.1, 0.15) is 78.2 Å². The standard InChI is InChI=1S/C36H34O7P/c1-25-13-17-29(18-14-25)35(39)23-31(21-33(37)27-9-5-3-6-10-27)42-44(41)43-32(22-34(38)28-11-7-4-8-12-28)24-36(40)30-19-15-26(2)16-20-30/h3-20,31-32H,21-24H2,1-2H3/q+1. The highest BCUT2D eigenvalue weighted by Crippen LogP contribution is 2.34. The number of ketones is 4. The molecule has 0 aliphatic carbocycles. The van der Waals surface area contributed by atoms with Crippen LogP contribution in [0.5, 0.6) is 0 Å². The SMILES string of the molecule is Cc1ccc(C(=O)CC(CC(=O)c2ccccc2)O[P+](=O)OC(CC(=O)c2ccccc2)CC(=O)c2ccc(C)cc2)cc1. The van der Waals surface area contributed by atoms with Crippen LogP contribution in [0.15, 0.2) is 109 Å². The lowest BCUT2D eigenvalue weighted by atomic mass is 9.99. The lowest BCUT2D eigenvalue weighted by Crippen LogP contribution is -2.23. The van der Waals surface area contributed by atoms with Gasteiger partial charge in [-0.1, -0.05) is 120 Å². The van der Waals surface area contributed by atoms with E-state index in [9.17, 15) is 23.7 Å². The van der Waals surface area contributed by atoms with Crippen LogP contribution in [0.2, 0.25) is 0 Å². The topological polar surface area (TPSA) is 104 Å². The highest BCUT2D eigenvalue weighted by Gasteiger charge is 2.36. The van der Waals surface area contributed by atoms with Crippen LogP contribution in [0.25, 0.3) is 0 Å². The third kappa shape index (κ3) is 9.81. The van der Waals surface area contributed by atoms with Crippen molar-refractivity contribution in [3.8, 4) is 0 Å². The monoisotopic (exact) mass is 609 g/mol. The Hall–Kier alpha value is -4.42. The van der Waals surface area contributed by atoms with Crippen molar-refractivity contribution in [3.63, 3.8) is 0 Å². The number of carbonyl (C=O) groups excluding carboxylic acids is 4. The number of hydrogen-bond donors (Lipinski definition) is 0. The quantitative estimate of drug-likeness (QED) is 0.0933. The van der Waals surface area contributed by atoms with Crippen molar-refractivity contribution in [2.75, 3.05) is 0 Å². The van der Waals surface area contributed by atoms with Crippen molar-refractivity contribution in [3.05, 3.63) is 143 Å². The molecule has 4 rings (SSSR count). The normalized spacial score (nSPS) is 12.6. The van der Waals surface area contributed by atoms with Crippen molar-refractivity contribution < 1.29 is 32.8 Å². The van der Waals surface area contributed by atoms with Crippen LogP contribution in [0.3, 0.4) is 0 Å². The highest BCUT2D eigenvalue weighted by molar-refractivity contribution is 7.33. The fraction of sp³-hybridized carbons (Fsp3) is 0.222. The predicted octanol–water partition coefficient (Wildman–Crippen LogP) is 8.12. The van der Waals surface area contributed by atoms with Crippen molar-refractivity contribution in [2.45, 2.75) is 51.7 Å². The lowest BCUT2D eigenvalue weighted by Gasteiger charge is -2.13. The van der Waals surface area contributed by atoms with Crippen LogP contribution in [-0.4, -0.2) is 35.3 Å². The second-order valence-corrected chi connectivity index (χ2v) is 11.5. The van der Waals surface area contributed by atoms with Crippen molar-refractivity contribution in [2.24, 2.45) is 0 Å². The maximum Gasteiger partial charge on any atom is 0.698 e. The van der Waals surface area contributed by atoms with E-state index in [2.05, 4.69) is 0 Å². The average Bonchev–Trinajstić information content (AvgIpc) is 3.02. The molecule has 0 saturated heterocycles. The summed E-state index contributed by atoms with van der Waals surface area (Å²) >= 11 is 0. The van der Waals surface area contributed by atoms with Crippen molar-refractivity contribution in [1.82, 2.24) is 0 Å². The van der Waals surface area contributed by atoms with E-state index in [0.29, 0.717) is 22.3 Å². The van der Waals surface area contributed by atoms with Gasteiger partial charge in [0.2, 0.25) is 0 Å². The molecule has 0 saturated carbocycles. The molecule has 0 aromatic heterocycles. The fourth-order valence-electron chi connectivity index (χ4n) is 4.59. The molecule has 0 spiro atoms. The van der Waals surface area contributed by atoms with Crippen LogP contribution in [0.4, 0.5) is 0 Å². The average molecular weight is 610 g/mol. The maximum absolute atomic E-state index is 13.3. The van der Waals surface area contributed by atoms with E-state index in [0.717, 1.165) is 11.1 Å². The second-order valence-electron chi connectivity index (χ2n) is 10.7. The van der Waals surface area contributed by atoms with Crippen LogP contribution < -0.4 is 0 Å². The van der Waals surface area contributed by atoms with Gasteiger partial charge in [-0.2, -0.15) is 0 Å². The Morgan fingerprint density at radius 1 is 0.477 bits per heavy atom. The van der Waals surface area contributed by atoms with Crippen LogP contribution in [-0.2, 0) is 13.6 Å². The summed E-state index contributed by atoms with van der Waals surface area (Å²) in [6.45, 7) is 3.81. The molecule has 4 aromatic rings. The fourth-order valence-corrected chi connectivity index (χ4v) is 5.42. The minimum Gasteiger partial charge on any atom is -0.294 e. The Bertz CT molecular complexity index is 1480. The molecular formula is C36H34O7P+. The summed E-state index contributed by atoms with van der Waals surface area (Å²) in [4.78, 5) is 52.3. The van der Waals surface area contributed by atoms with Gasteiger partial charge in [0.05, 0.1) is 0 Å². The number of hydrogen-bond acceptors (Lipinski definition) is 7. The number of rotatable bonds is 16. The number of benzene rings is 4. The molecule has 0 aliphatic rings. The van der Waals surface area contributed by atoms with Gasteiger partial charge in [-0.25, -0.2) is 0 Å². The first-order chi connectivity index (χ1) is 21.2. The van der Waals surface area contributed by atoms with Gasteiger partial charge in [-0.3, -0.25) is 19.2 Å². The van der Waals surface area contributed by atoms with E-state index in [1.807, 2.05) is 13.8 Å². The Morgan fingerprint density at radius 3 is 1.05 bits per heavy atom. The van der Waals surface area contributed by atoms with Gasteiger partial charge < -0.3 is 0 Å². The third-order valence-electron chi connectivity index (χ3n) is 7.06. The molecule has 44 heavy (non-hydrogen) atoms. The Labute approximate surface area is 258 Å². The Balaban J connectivity index is 1.51. The minimum absolute atomic E-state index is 0.220. The number of carbonyl (C=O) groups is 4.